The molecule has 0 spiro atoms. The summed E-state index contributed by atoms with van der Waals surface area (Å²) in [7, 11) is 0. The molecule has 0 atom stereocenters. The van der Waals surface area contributed by atoms with Crippen molar-refractivity contribution in [3.63, 3.8) is 0 Å². The van der Waals surface area contributed by atoms with Crippen LogP contribution in [0.1, 0.15) is 27.0 Å². The highest BCUT2D eigenvalue weighted by Gasteiger charge is 2.10. The van der Waals surface area contributed by atoms with Crippen molar-refractivity contribution in [3.8, 4) is 23.1 Å². The van der Waals surface area contributed by atoms with Gasteiger partial charge in [-0.3, -0.25) is 4.90 Å². The van der Waals surface area contributed by atoms with Crippen LogP contribution in [0.3, 0.4) is 0 Å². The zero-order valence-corrected chi connectivity index (χ0v) is 17.6. The van der Waals surface area contributed by atoms with Crippen molar-refractivity contribution in [3.05, 3.63) is 88.1 Å². The van der Waals surface area contributed by atoms with Gasteiger partial charge in [0.15, 0.2) is 0 Å². The van der Waals surface area contributed by atoms with Gasteiger partial charge in [-0.2, -0.15) is 0 Å². The maximum absolute atomic E-state index is 11.2. The third-order valence-electron chi connectivity index (χ3n) is 5.04. The first-order chi connectivity index (χ1) is 15.1. The van der Waals surface area contributed by atoms with Crippen molar-refractivity contribution in [2.45, 2.75) is 6.54 Å². The molecule has 1 aliphatic heterocycles. The quantitative estimate of drug-likeness (QED) is 0.491. The second-order valence-corrected chi connectivity index (χ2v) is 7.67. The van der Waals surface area contributed by atoms with E-state index in [1.165, 1.54) is 17.7 Å². The Kier molecular flexibility index (Phi) is 6.63. The second-order valence-electron chi connectivity index (χ2n) is 7.28. The summed E-state index contributed by atoms with van der Waals surface area (Å²) >= 11 is 5.95. The van der Waals surface area contributed by atoms with Gasteiger partial charge in [0.25, 0.3) is 0 Å². The highest BCUT2D eigenvalue weighted by molar-refractivity contribution is 6.29. The molecule has 6 heteroatoms. The molecule has 1 fully saturated rings. The number of carboxylic acids is 1. The number of aromatic nitrogens is 1. The van der Waals surface area contributed by atoms with Crippen LogP contribution in [0.25, 0.3) is 11.3 Å². The summed E-state index contributed by atoms with van der Waals surface area (Å²) < 4.78 is 5.39. The number of benzene rings is 2. The largest absolute Gasteiger partial charge is 0.478 e. The van der Waals surface area contributed by atoms with Crippen LogP contribution >= 0.6 is 11.6 Å². The number of ether oxygens (including phenoxy) is 1. The lowest BCUT2D eigenvalue weighted by Crippen LogP contribution is -2.35. The van der Waals surface area contributed by atoms with Crippen LogP contribution in [-0.2, 0) is 11.3 Å². The number of morpholine rings is 1. The number of nitrogens with zero attached hydrogens (tertiary/aromatic N) is 2. The molecule has 1 aromatic heterocycles. The van der Waals surface area contributed by atoms with Crippen molar-refractivity contribution >= 4 is 17.6 Å². The smallest absolute Gasteiger partial charge is 0.335 e. The summed E-state index contributed by atoms with van der Waals surface area (Å²) in [6.45, 7) is 4.48. The van der Waals surface area contributed by atoms with Gasteiger partial charge in [0.05, 0.1) is 24.5 Å². The van der Waals surface area contributed by atoms with E-state index in [9.17, 15) is 9.90 Å². The van der Waals surface area contributed by atoms with E-state index in [0.29, 0.717) is 5.69 Å². The van der Waals surface area contributed by atoms with E-state index in [0.717, 1.165) is 49.5 Å². The molecule has 0 aliphatic carbocycles. The third kappa shape index (κ3) is 5.71. The number of hydrogen-bond donors (Lipinski definition) is 1. The van der Waals surface area contributed by atoms with E-state index >= 15 is 0 Å². The fourth-order valence-electron chi connectivity index (χ4n) is 3.35. The number of carboxylic acid groups (broad SMARTS) is 1. The average Bonchev–Trinajstić information content (AvgIpc) is 2.79. The first-order valence-corrected chi connectivity index (χ1v) is 10.4. The van der Waals surface area contributed by atoms with Crippen LogP contribution in [0, 0.1) is 11.8 Å². The SMILES string of the molecule is O=C(O)c1cc(Cl)nc(-c2ccc(C#Cc3ccc(CN4CCOCC4)cc3)cc2)c1. The molecule has 0 radical (unpaired) electrons. The molecule has 5 nitrogen and oxygen atoms in total. The van der Waals surface area contributed by atoms with Gasteiger partial charge in [-0.25, -0.2) is 9.78 Å². The van der Waals surface area contributed by atoms with Crippen molar-refractivity contribution < 1.29 is 14.6 Å². The summed E-state index contributed by atoms with van der Waals surface area (Å²) in [4.78, 5) is 17.8. The van der Waals surface area contributed by atoms with Gasteiger partial charge in [-0.15, -0.1) is 0 Å². The van der Waals surface area contributed by atoms with Crippen LogP contribution in [0.4, 0.5) is 0 Å². The highest BCUT2D eigenvalue weighted by Crippen LogP contribution is 2.22. The molecule has 0 bridgehead atoms. The fourth-order valence-corrected chi connectivity index (χ4v) is 3.56. The summed E-state index contributed by atoms with van der Waals surface area (Å²) in [5.41, 5.74) is 4.49. The van der Waals surface area contributed by atoms with Crippen LogP contribution in [0.15, 0.2) is 60.7 Å². The lowest BCUT2D eigenvalue weighted by molar-refractivity contribution is 0.0342. The van der Waals surface area contributed by atoms with Crippen LogP contribution in [0.2, 0.25) is 5.15 Å². The highest BCUT2D eigenvalue weighted by atomic mass is 35.5. The monoisotopic (exact) mass is 432 g/mol. The van der Waals surface area contributed by atoms with Crippen molar-refractivity contribution in [1.29, 1.82) is 0 Å². The molecule has 2 aromatic carbocycles. The molecule has 3 aromatic rings. The fraction of sp³-hybridized carbons (Fsp3) is 0.200. The number of rotatable bonds is 4. The van der Waals surface area contributed by atoms with Crippen molar-refractivity contribution in [2.24, 2.45) is 0 Å². The van der Waals surface area contributed by atoms with E-state index < -0.39 is 5.97 Å². The normalized spacial score (nSPS) is 14.0. The van der Waals surface area contributed by atoms with Crippen LogP contribution in [0.5, 0.6) is 0 Å². The van der Waals surface area contributed by atoms with Crippen LogP contribution in [-0.4, -0.2) is 47.3 Å². The lowest BCUT2D eigenvalue weighted by atomic mass is 10.1. The molecular weight excluding hydrogens is 412 g/mol. The Labute approximate surface area is 186 Å². The predicted molar refractivity (Wildman–Crippen MR) is 120 cm³/mol. The zero-order valence-electron chi connectivity index (χ0n) is 16.8. The molecule has 0 unspecified atom stereocenters. The number of halogens is 1. The molecule has 0 saturated carbocycles. The Balaban J connectivity index is 1.43. The summed E-state index contributed by atoms with van der Waals surface area (Å²) in [5.74, 6) is 5.31. The molecule has 31 heavy (non-hydrogen) atoms. The van der Waals surface area contributed by atoms with Gasteiger partial charge in [-0.05, 0) is 42.0 Å². The third-order valence-corrected chi connectivity index (χ3v) is 5.23. The lowest BCUT2D eigenvalue weighted by Gasteiger charge is -2.26. The standard InChI is InChI=1S/C25H21ClN2O3/c26-24-16-22(25(29)30)15-23(27-24)21-9-7-19(8-10-21)2-1-18-3-5-20(6-4-18)17-28-11-13-31-14-12-28/h3-10,15-16H,11-14,17H2,(H,29,30). The Morgan fingerprint density at radius 3 is 2.23 bits per heavy atom. The van der Waals surface area contributed by atoms with E-state index in [-0.39, 0.29) is 10.7 Å². The zero-order chi connectivity index (χ0) is 21.6. The Bertz CT molecular complexity index is 1130. The minimum absolute atomic E-state index is 0.107. The maximum Gasteiger partial charge on any atom is 0.335 e. The summed E-state index contributed by atoms with van der Waals surface area (Å²) in [6.07, 6.45) is 0. The second kappa shape index (κ2) is 9.76. The molecule has 156 valence electrons. The van der Waals surface area contributed by atoms with E-state index in [2.05, 4.69) is 33.9 Å². The van der Waals surface area contributed by atoms with E-state index in [1.54, 1.807) is 0 Å². The van der Waals surface area contributed by atoms with E-state index in [4.69, 9.17) is 16.3 Å². The first kappa shape index (κ1) is 21.1. The maximum atomic E-state index is 11.2. The summed E-state index contributed by atoms with van der Waals surface area (Å²) in [5, 5.41) is 9.34. The van der Waals surface area contributed by atoms with Gasteiger partial charge in [0.1, 0.15) is 5.15 Å². The molecule has 1 saturated heterocycles. The number of hydrogen-bond acceptors (Lipinski definition) is 4. The molecule has 2 heterocycles. The molecule has 1 N–H and O–H groups in total. The predicted octanol–water partition coefficient (Wildman–Crippen LogP) is 4.33. The minimum atomic E-state index is -1.04. The van der Waals surface area contributed by atoms with Crippen LogP contribution < -0.4 is 0 Å². The summed E-state index contributed by atoms with van der Waals surface area (Å²) in [6, 6.07) is 18.7. The van der Waals surface area contributed by atoms with Gasteiger partial charge in [0, 0.05) is 36.3 Å². The number of aromatic carboxylic acids is 1. The first-order valence-electron chi connectivity index (χ1n) is 9.99. The van der Waals surface area contributed by atoms with Crippen molar-refractivity contribution in [1.82, 2.24) is 9.88 Å². The molecular formula is C25H21ClN2O3. The molecule has 1 aliphatic rings. The Morgan fingerprint density at radius 1 is 1.00 bits per heavy atom. The minimum Gasteiger partial charge on any atom is -0.478 e. The van der Waals surface area contributed by atoms with Gasteiger partial charge < -0.3 is 9.84 Å². The van der Waals surface area contributed by atoms with Crippen molar-refractivity contribution in [2.75, 3.05) is 26.3 Å². The Morgan fingerprint density at radius 2 is 1.61 bits per heavy atom. The van der Waals surface area contributed by atoms with Gasteiger partial charge in [0.2, 0.25) is 0 Å². The number of carbonyl (C=O) groups is 1. The average molecular weight is 433 g/mol. The van der Waals surface area contributed by atoms with Gasteiger partial charge in [-0.1, -0.05) is 47.7 Å². The Hall–Kier alpha value is -3.17. The number of pyridine rings is 1. The molecule has 0 amide bonds. The van der Waals surface area contributed by atoms with Gasteiger partial charge >= 0.3 is 5.97 Å². The topological polar surface area (TPSA) is 62.7 Å². The van der Waals surface area contributed by atoms with E-state index in [1.807, 2.05) is 36.4 Å². The molecule has 4 rings (SSSR count).